The third kappa shape index (κ3) is 2.52. The van der Waals surface area contributed by atoms with Crippen LogP contribution in [0.5, 0.6) is 0 Å². The van der Waals surface area contributed by atoms with Crippen LogP contribution in [0.3, 0.4) is 0 Å². The van der Waals surface area contributed by atoms with Gasteiger partial charge in [-0.05, 0) is 19.8 Å². The van der Waals surface area contributed by atoms with Crippen LogP contribution in [-0.2, 0) is 6.54 Å². The van der Waals surface area contributed by atoms with Crippen molar-refractivity contribution in [3.8, 4) is 0 Å². The van der Waals surface area contributed by atoms with E-state index in [1.54, 1.807) is 12.5 Å². The van der Waals surface area contributed by atoms with Crippen molar-refractivity contribution in [1.29, 1.82) is 0 Å². The van der Waals surface area contributed by atoms with Crippen LogP contribution in [-0.4, -0.2) is 31.7 Å². The number of rotatable bonds is 5. The van der Waals surface area contributed by atoms with E-state index in [0.717, 1.165) is 18.5 Å². The van der Waals surface area contributed by atoms with Crippen molar-refractivity contribution in [3.63, 3.8) is 0 Å². The van der Waals surface area contributed by atoms with E-state index in [-0.39, 0.29) is 11.9 Å². The number of aromatic nitrogens is 4. The molecular formula is C13H18N6O. The number of carbonyl (C=O) groups is 1. The zero-order chi connectivity index (χ0) is 14.1. The lowest BCUT2D eigenvalue weighted by molar-refractivity contribution is 0.0932. The van der Waals surface area contributed by atoms with Crippen molar-refractivity contribution in [3.05, 3.63) is 30.1 Å². The number of hydrogen-bond donors (Lipinski definition) is 3. The molecule has 1 unspecified atom stereocenters. The summed E-state index contributed by atoms with van der Waals surface area (Å²) in [5.41, 5.74) is 7.67. The molecule has 0 spiro atoms. The number of hydrogen-bond acceptors (Lipinski definition) is 4. The van der Waals surface area contributed by atoms with Gasteiger partial charge in [0.05, 0.1) is 17.7 Å². The van der Waals surface area contributed by atoms with Gasteiger partial charge < -0.3 is 15.6 Å². The van der Waals surface area contributed by atoms with Crippen LogP contribution >= 0.6 is 0 Å². The van der Waals surface area contributed by atoms with Crippen LogP contribution in [0.2, 0.25) is 0 Å². The molecule has 2 aromatic heterocycles. The predicted octanol–water partition coefficient (Wildman–Crippen LogP) is 0.884. The van der Waals surface area contributed by atoms with Gasteiger partial charge in [0.2, 0.25) is 0 Å². The predicted molar refractivity (Wildman–Crippen MR) is 74.1 cm³/mol. The molecule has 1 aliphatic carbocycles. The van der Waals surface area contributed by atoms with Gasteiger partial charge in [-0.1, -0.05) is 0 Å². The number of amides is 1. The van der Waals surface area contributed by atoms with Crippen LogP contribution in [0.1, 0.15) is 41.9 Å². The fourth-order valence-corrected chi connectivity index (χ4v) is 2.27. The van der Waals surface area contributed by atoms with Crippen LogP contribution < -0.4 is 11.1 Å². The number of nitrogens with two attached hydrogens (primary N) is 1. The average molecular weight is 274 g/mol. The summed E-state index contributed by atoms with van der Waals surface area (Å²) >= 11 is 0. The molecule has 2 heterocycles. The molecule has 20 heavy (non-hydrogen) atoms. The second-order valence-electron chi connectivity index (χ2n) is 5.31. The van der Waals surface area contributed by atoms with E-state index in [1.807, 2.05) is 17.7 Å². The average Bonchev–Trinajstić information content (AvgIpc) is 2.97. The normalized spacial score (nSPS) is 16.1. The maximum Gasteiger partial charge on any atom is 0.274 e. The lowest BCUT2D eigenvalue weighted by atomic mass is 10.2. The summed E-state index contributed by atoms with van der Waals surface area (Å²) in [6.45, 7) is 2.59. The van der Waals surface area contributed by atoms with E-state index in [4.69, 9.17) is 5.73 Å². The summed E-state index contributed by atoms with van der Waals surface area (Å²) in [4.78, 5) is 16.1. The van der Waals surface area contributed by atoms with Gasteiger partial charge in [0.25, 0.3) is 5.91 Å². The summed E-state index contributed by atoms with van der Waals surface area (Å²) in [5, 5.41) is 9.83. The Hall–Kier alpha value is -2.31. The standard InChI is InChI=1S/C13H18N6O/c1-8(6-19-5-4-15-7-19)16-13(20)12-10(14)11(17-18-12)9-2-3-9/h4-5,7-9H,2-3,6,14H2,1H3,(H,16,20)(H,17,18). The van der Waals surface area contributed by atoms with Crippen molar-refractivity contribution in [1.82, 2.24) is 25.1 Å². The summed E-state index contributed by atoms with van der Waals surface area (Å²) < 4.78 is 1.91. The molecule has 3 rings (SSSR count). The lowest BCUT2D eigenvalue weighted by Gasteiger charge is -2.13. The Morgan fingerprint density at radius 3 is 3.10 bits per heavy atom. The third-order valence-corrected chi connectivity index (χ3v) is 3.46. The van der Waals surface area contributed by atoms with Crippen LogP contribution in [0.15, 0.2) is 18.7 Å². The molecular weight excluding hydrogens is 256 g/mol. The number of anilines is 1. The van der Waals surface area contributed by atoms with E-state index in [2.05, 4.69) is 20.5 Å². The number of nitrogens with zero attached hydrogens (tertiary/aromatic N) is 3. The number of H-pyrrole nitrogens is 1. The zero-order valence-corrected chi connectivity index (χ0v) is 11.3. The van der Waals surface area contributed by atoms with Crippen LogP contribution in [0.4, 0.5) is 5.69 Å². The third-order valence-electron chi connectivity index (χ3n) is 3.46. The summed E-state index contributed by atoms with van der Waals surface area (Å²) in [6.07, 6.45) is 7.52. The summed E-state index contributed by atoms with van der Waals surface area (Å²) in [5.74, 6) is 0.214. The van der Waals surface area contributed by atoms with E-state index >= 15 is 0 Å². The topological polar surface area (TPSA) is 102 Å². The van der Waals surface area contributed by atoms with Gasteiger partial charge in [-0.3, -0.25) is 9.89 Å². The van der Waals surface area contributed by atoms with Gasteiger partial charge in [0, 0.05) is 30.9 Å². The molecule has 1 saturated carbocycles. The Morgan fingerprint density at radius 2 is 2.45 bits per heavy atom. The molecule has 1 fully saturated rings. The smallest absolute Gasteiger partial charge is 0.274 e. The molecule has 1 aliphatic rings. The molecule has 0 bridgehead atoms. The second-order valence-corrected chi connectivity index (χ2v) is 5.31. The Morgan fingerprint density at radius 1 is 1.65 bits per heavy atom. The molecule has 0 radical (unpaired) electrons. The lowest BCUT2D eigenvalue weighted by Crippen LogP contribution is -2.36. The zero-order valence-electron chi connectivity index (χ0n) is 11.3. The largest absolute Gasteiger partial charge is 0.395 e. The Bertz CT molecular complexity index is 598. The highest BCUT2D eigenvalue weighted by Crippen LogP contribution is 2.42. The van der Waals surface area contributed by atoms with E-state index in [0.29, 0.717) is 23.8 Å². The highest BCUT2D eigenvalue weighted by atomic mass is 16.2. The summed E-state index contributed by atoms with van der Waals surface area (Å²) in [6, 6.07) is -0.0304. The molecule has 1 amide bonds. The van der Waals surface area contributed by atoms with Crippen LogP contribution in [0, 0.1) is 0 Å². The minimum absolute atomic E-state index is 0.0304. The van der Waals surface area contributed by atoms with Crippen molar-refractivity contribution in [2.24, 2.45) is 0 Å². The first kappa shape index (κ1) is 12.7. The Labute approximate surface area is 116 Å². The van der Waals surface area contributed by atoms with Crippen molar-refractivity contribution >= 4 is 11.6 Å². The van der Waals surface area contributed by atoms with Gasteiger partial charge >= 0.3 is 0 Å². The van der Waals surface area contributed by atoms with Gasteiger partial charge in [0.15, 0.2) is 5.69 Å². The maximum absolute atomic E-state index is 12.2. The van der Waals surface area contributed by atoms with Crippen LogP contribution in [0.25, 0.3) is 0 Å². The van der Waals surface area contributed by atoms with Gasteiger partial charge in [0.1, 0.15) is 0 Å². The fraction of sp³-hybridized carbons (Fsp3) is 0.462. The highest BCUT2D eigenvalue weighted by Gasteiger charge is 2.30. The molecule has 0 aromatic carbocycles. The van der Waals surface area contributed by atoms with E-state index in [9.17, 15) is 4.79 Å². The van der Waals surface area contributed by atoms with Gasteiger partial charge in [-0.25, -0.2) is 4.98 Å². The molecule has 0 aliphatic heterocycles. The molecule has 0 saturated heterocycles. The Balaban J connectivity index is 1.63. The molecule has 2 aromatic rings. The van der Waals surface area contributed by atoms with E-state index in [1.165, 1.54) is 0 Å². The van der Waals surface area contributed by atoms with Crippen molar-refractivity contribution in [2.45, 2.75) is 38.3 Å². The quantitative estimate of drug-likeness (QED) is 0.753. The maximum atomic E-state index is 12.2. The molecule has 7 heteroatoms. The number of aromatic amines is 1. The molecule has 106 valence electrons. The SMILES string of the molecule is CC(Cn1ccnc1)NC(=O)c1n[nH]c(C2CC2)c1N. The first-order valence-electron chi connectivity index (χ1n) is 6.75. The number of carbonyl (C=O) groups excluding carboxylic acids is 1. The van der Waals surface area contributed by atoms with Gasteiger partial charge in [-0.15, -0.1) is 0 Å². The first-order valence-corrected chi connectivity index (χ1v) is 6.75. The Kier molecular flexibility index (Phi) is 3.17. The molecule has 7 nitrogen and oxygen atoms in total. The van der Waals surface area contributed by atoms with Gasteiger partial charge in [-0.2, -0.15) is 5.10 Å². The first-order chi connectivity index (χ1) is 9.65. The highest BCUT2D eigenvalue weighted by molar-refractivity contribution is 5.97. The van der Waals surface area contributed by atoms with E-state index < -0.39 is 0 Å². The minimum atomic E-state index is -0.238. The number of nitrogens with one attached hydrogen (secondary N) is 2. The fourth-order valence-electron chi connectivity index (χ4n) is 2.27. The van der Waals surface area contributed by atoms with Crippen molar-refractivity contribution in [2.75, 3.05) is 5.73 Å². The second kappa shape index (κ2) is 4.99. The van der Waals surface area contributed by atoms with Crippen molar-refractivity contribution < 1.29 is 4.79 Å². The number of nitrogen functional groups attached to an aromatic ring is 1. The summed E-state index contributed by atoms with van der Waals surface area (Å²) in [7, 11) is 0. The molecule has 4 N–H and O–H groups in total. The molecule has 1 atom stereocenters. The monoisotopic (exact) mass is 274 g/mol. The minimum Gasteiger partial charge on any atom is -0.395 e. The number of imidazole rings is 1.